The van der Waals surface area contributed by atoms with Gasteiger partial charge in [0.1, 0.15) is 0 Å². The van der Waals surface area contributed by atoms with Gasteiger partial charge < -0.3 is 5.32 Å². The Bertz CT molecular complexity index is 246. The molecule has 1 N–H and O–H groups in total. The molecule has 1 nitrogen and oxygen atoms in total. The summed E-state index contributed by atoms with van der Waals surface area (Å²) < 4.78 is 0. The first-order valence-corrected chi connectivity index (χ1v) is 9.79. The zero-order valence-electron chi connectivity index (χ0n) is 15.3. The lowest BCUT2D eigenvalue weighted by molar-refractivity contribution is 0.0966. The molecule has 2 atom stereocenters. The standard InChI is InChI=1S/C20H41N/c1-5-6-7-8-9-10-11-12-16-19(21-4)18-15-13-14-17-20(18,2)3/h18-19,21H,5-17H2,1-4H3. The molecule has 126 valence electrons. The molecule has 0 aromatic carbocycles. The Morgan fingerprint density at radius 2 is 1.57 bits per heavy atom. The maximum Gasteiger partial charge on any atom is 0.00974 e. The highest BCUT2D eigenvalue weighted by atomic mass is 14.9. The van der Waals surface area contributed by atoms with Gasteiger partial charge in [-0.1, -0.05) is 85.0 Å². The predicted octanol–water partition coefficient (Wildman–Crippen LogP) is 6.32. The third-order valence-corrected chi connectivity index (χ3v) is 5.82. The average Bonchev–Trinajstić information content (AvgIpc) is 2.46. The van der Waals surface area contributed by atoms with Gasteiger partial charge in [-0.15, -0.1) is 0 Å². The summed E-state index contributed by atoms with van der Waals surface area (Å²) in [6, 6.07) is 0.750. The van der Waals surface area contributed by atoms with Crippen LogP contribution in [0.2, 0.25) is 0 Å². The Morgan fingerprint density at radius 3 is 2.14 bits per heavy atom. The molecule has 1 fully saturated rings. The summed E-state index contributed by atoms with van der Waals surface area (Å²) in [5.74, 6) is 0.890. The SMILES string of the molecule is CCCCCCCCCCC(NC)C1CCCCC1(C)C. The van der Waals surface area contributed by atoms with Crippen molar-refractivity contribution in [3.8, 4) is 0 Å². The van der Waals surface area contributed by atoms with Crippen molar-refractivity contribution >= 4 is 0 Å². The fraction of sp³-hybridized carbons (Fsp3) is 1.00. The smallest absolute Gasteiger partial charge is 0.00974 e. The van der Waals surface area contributed by atoms with E-state index in [1.54, 1.807) is 0 Å². The van der Waals surface area contributed by atoms with Gasteiger partial charge in [0.15, 0.2) is 0 Å². The zero-order chi connectivity index (χ0) is 15.6. The number of rotatable bonds is 11. The highest BCUT2D eigenvalue weighted by Gasteiger charge is 2.36. The summed E-state index contributed by atoms with van der Waals surface area (Å²) in [6.07, 6.45) is 18.6. The minimum Gasteiger partial charge on any atom is -0.317 e. The van der Waals surface area contributed by atoms with Crippen molar-refractivity contribution in [1.82, 2.24) is 5.32 Å². The molecule has 2 unspecified atom stereocenters. The molecular weight excluding hydrogens is 254 g/mol. The van der Waals surface area contributed by atoms with Crippen molar-refractivity contribution < 1.29 is 0 Å². The van der Waals surface area contributed by atoms with E-state index in [0.717, 1.165) is 12.0 Å². The van der Waals surface area contributed by atoms with Crippen LogP contribution in [0.15, 0.2) is 0 Å². The quantitative estimate of drug-likeness (QED) is 0.440. The summed E-state index contributed by atoms with van der Waals surface area (Å²) >= 11 is 0. The van der Waals surface area contributed by atoms with Gasteiger partial charge >= 0.3 is 0 Å². The van der Waals surface area contributed by atoms with E-state index >= 15 is 0 Å². The van der Waals surface area contributed by atoms with E-state index in [2.05, 4.69) is 33.1 Å². The van der Waals surface area contributed by atoms with Crippen LogP contribution in [0.1, 0.15) is 104 Å². The van der Waals surface area contributed by atoms with Gasteiger partial charge in [0.25, 0.3) is 0 Å². The Labute approximate surface area is 134 Å². The Balaban J connectivity index is 2.16. The first-order valence-electron chi connectivity index (χ1n) is 9.79. The van der Waals surface area contributed by atoms with Crippen molar-refractivity contribution in [3.63, 3.8) is 0 Å². The Hall–Kier alpha value is -0.0400. The largest absolute Gasteiger partial charge is 0.317 e. The van der Waals surface area contributed by atoms with Crippen LogP contribution in [0.5, 0.6) is 0 Å². The van der Waals surface area contributed by atoms with Crippen molar-refractivity contribution in [2.45, 2.75) is 110 Å². The molecule has 1 aliphatic rings. The molecule has 1 heteroatoms. The highest BCUT2D eigenvalue weighted by Crippen LogP contribution is 2.43. The lowest BCUT2D eigenvalue weighted by atomic mass is 9.65. The molecule has 0 aliphatic heterocycles. The van der Waals surface area contributed by atoms with Crippen molar-refractivity contribution in [2.75, 3.05) is 7.05 Å². The second-order valence-corrected chi connectivity index (χ2v) is 8.00. The van der Waals surface area contributed by atoms with Crippen LogP contribution >= 0.6 is 0 Å². The van der Waals surface area contributed by atoms with Gasteiger partial charge in [-0.2, -0.15) is 0 Å². The van der Waals surface area contributed by atoms with Gasteiger partial charge in [-0.05, 0) is 37.6 Å². The second-order valence-electron chi connectivity index (χ2n) is 8.00. The van der Waals surface area contributed by atoms with Crippen LogP contribution in [0.25, 0.3) is 0 Å². The van der Waals surface area contributed by atoms with Crippen LogP contribution in [-0.2, 0) is 0 Å². The summed E-state index contributed by atoms with van der Waals surface area (Å²) in [6.45, 7) is 7.29. The molecule has 0 saturated heterocycles. The van der Waals surface area contributed by atoms with E-state index in [0.29, 0.717) is 5.41 Å². The Morgan fingerprint density at radius 1 is 0.952 bits per heavy atom. The van der Waals surface area contributed by atoms with Gasteiger partial charge in [0.2, 0.25) is 0 Å². The molecule has 0 bridgehead atoms. The van der Waals surface area contributed by atoms with Crippen molar-refractivity contribution in [3.05, 3.63) is 0 Å². The number of hydrogen-bond acceptors (Lipinski definition) is 1. The molecule has 0 radical (unpaired) electrons. The van der Waals surface area contributed by atoms with Gasteiger partial charge in [-0.25, -0.2) is 0 Å². The van der Waals surface area contributed by atoms with E-state index < -0.39 is 0 Å². The number of hydrogen-bond donors (Lipinski definition) is 1. The molecule has 0 aromatic heterocycles. The normalized spacial score (nSPS) is 23.1. The predicted molar refractivity (Wildman–Crippen MR) is 95.8 cm³/mol. The molecule has 0 aromatic rings. The minimum atomic E-state index is 0.548. The summed E-state index contributed by atoms with van der Waals surface area (Å²) in [5.41, 5.74) is 0.548. The van der Waals surface area contributed by atoms with Crippen molar-refractivity contribution in [2.24, 2.45) is 11.3 Å². The van der Waals surface area contributed by atoms with Crippen LogP contribution in [0, 0.1) is 11.3 Å². The molecule has 0 spiro atoms. The first-order chi connectivity index (χ1) is 10.1. The molecule has 1 saturated carbocycles. The summed E-state index contributed by atoms with van der Waals surface area (Å²) in [7, 11) is 2.18. The van der Waals surface area contributed by atoms with Crippen LogP contribution in [0.3, 0.4) is 0 Å². The summed E-state index contributed by atoms with van der Waals surface area (Å²) in [4.78, 5) is 0. The lowest BCUT2D eigenvalue weighted by Gasteiger charge is -2.43. The average molecular weight is 296 g/mol. The fourth-order valence-electron chi connectivity index (χ4n) is 4.31. The molecular formula is C20H41N. The van der Waals surface area contributed by atoms with E-state index in [4.69, 9.17) is 0 Å². The van der Waals surface area contributed by atoms with Crippen LogP contribution in [-0.4, -0.2) is 13.1 Å². The molecule has 0 amide bonds. The fourth-order valence-corrected chi connectivity index (χ4v) is 4.31. The Kier molecular flexibility index (Phi) is 9.64. The van der Waals surface area contributed by atoms with Gasteiger partial charge in [0, 0.05) is 6.04 Å². The zero-order valence-corrected chi connectivity index (χ0v) is 15.3. The first kappa shape index (κ1) is 19.0. The van der Waals surface area contributed by atoms with E-state index in [-0.39, 0.29) is 0 Å². The van der Waals surface area contributed by atoms with E-state index in [1.807, 2.05) is 0 Å². The maximum absolute atomic E-state index is 3.65. The molecule has 21 heavy (non-hydrogen) atoms. The number of nitrogens with one attached hydrogen (secondary N) is 1. The van der Waals surface area contributed by atoms with E-state index in [1.165, 1.54) is 83.5 Å². The summed E-state index contributed by atoms with van der Waals surface area (Å²) in [5, 5.41) is 3.65. The second kappa shape index (κ2) is 10.6. The lowest BCUT2D eigenvalue weighted by Crippen LogP contribution is -2.43. The maximum atomic E-state index is 3.65. The topological polar surface area (TPSA) is 12.0 Å². The molecule has 1 aliphatic carbocycles. The minimum absolute atomic E-state index is 0.548. The number of unbranched alkanes of at least 4 members (excludes halogenated alkanes) is 7. The third-order valence-electron chi connectivity index (χ3n) is 5.82. The monoisotopic (exact) mass is 295 g/mol. The van der Waals surface area contributed by atoms with Gasteiger partial charge in [0.05, 0.1) is 0 Å². The molecule has 1 rings (SSSR count). The van der Waals surface area contributed by atoms with Crippen LogP contribution in [0.4, 0.5) is 0 Å². The van der Waals surface area contributed by atoms with Gasteiger partial charge in [-0.3, -0.25) is 0 Å². The highest BCUT2D eigenvalue weighted by molar-refractivity contribution is 4.89. The third kappa shape index (κ3) is 7.17. The molecule has 0 heterocycles. The van der Waals surface area contributed by atoms with E-state index in [9.17, 15) is 0 Å². The van der Waals surface area contributed by atoms with Crippen molar-refractivity contribution in [1.29, 1.82) is 0 Å². The van der Waals surface area contributed by atoms with Crippen LogP contribution < -0.4 is 5.32 Å².